The standard InChI is InChI=1S/C64H44N2O/c1-5-14-45(15-6-1)47-24-28-49(29-25-47)51-32-36-56(37-33-51)66(57-38-34-52(35-39-57)50-30-26-48(27-31-50)46-16-7-2-8-17-46)59-42-53-18-13-23-61-60-41-40-58(43-62(60)67-63(44-59)64(53)61)65(54-19-9-3-10-20-54)55-21-11-4-12-22-55/h1-44H. The van der Waals surface area contributed by atoms with Gasteiger partial charge in [-0.05, 0) is 122 Å². The van der Waals surface area contributed by atoms with Crippen LogP contribution in [0.3, 0.4) is 0 Å². The van der Waals surface area contributed by atoms with Crippen molar-refractivity contribution in [2.24, 2.45) is 0 Å². The Morgan fingerprint density at radius 2 is 0.582 bits per heavy atom. The van der Waals surface area contributed by atoms with Crippen molar-refractivity contribution in [3.63, 3.8) is 0 Å². The molecule has 11 aromatic rings. The number of fused-ring (bicyclic) bond motifs is 2. The minimum atomic E-state index is 0.823. The second-order valence-electron chi connectivity index (χ2n) is 17.0. The van der Waals surface area contributed by atoms with Crippen molar-refractivity contribution < 1.29 is 4.74 Å². The average molecular weight is 857 g/mol. The summed E-state index contributed by atoms with van der Waals surface area (Å²) in [6, 6.07) is 95.3. The zero-order valence-corrected chi connectivity index (χ0v) is 36.7. The first kappa shape index (κ1) is 39.7. The fourth-order valence-electron chi connectivity index (χ4n) is 9.51. The predicted molar refractivity (Wildman–Crippen MR) is 281 cm³/mol. The van der Waals surface area contributed by atoms with Crippen molar-refractivity contribution >= 4 is 44.9 Å². The van der Waals surface area contributed by atoms with Crippen LogP contribution in [0.25, 0.3) is 66.4 Å². The molecule has 0 aromatic heterocycles. The molecular weight excluding hydrogens is 813 g/mol. The number of anilines is 6. The number of para-hydroxylation sites is 2. The second-order valence-corrected chi connectivity index (χ2v) is 17.0. The van der Waals surface area contributed by atoms with Gasteiger partial charge < -0.3 is 14.5 Å². The summed E-state index contributed by atoms with van der Waals surface area (Å²) in [7, 11) is 0. The highest BCUT2D eigenvalue weighted by Gasteiger charge is 2.25. The molecule has 1 aliphatic rings. The van der Waals surface area contributed by atoms with E-state index in [0.29, 0.717) is 0 Å². The third-order valence-electron chi connectivity index (χ3n) is 12.8. The summed E-state index contributed by atoms with van der Waals surface area (Å²) >= 11 is 0. The maximum absolute atomic E-state index is 7.06. The van der Waals surface area contributed by atoms with Gasteiger partial charge >= 0.3 is 0 Å². The third kappa shape index (κ3) is 7.69. The average Bonchev–Trinajstić information content (AvgIpc) is 3.40. The molecule has 0 unspecified atom stereocenters. The lowest BCUT2D eigenvalue weighted by Gasteiger charge is -2.30. The topological polar surface area (TPSA) is 15.7 Å². The van der Waals surface area contributed by atoms with Crippen LogP contribution in [0.15, 0.2) is 267 Å². The molecule has 0 saturated carbocycles. The van der Waals surface area contributed by atoms with Crippen LogP contribution < -0.4 is 14.5 Å². The molecule has 0 spiro atoms. The summed E-state index contributed by atoms with van der Waals surface area (Å²) in [4.78, 5) is 4.62. The summed E-state index contributed by atoms with van der Waals surface area (Å²) in [6.45, 7) is 0. The van der Waals surface area contributed by atoms with E-state index < -0.39 is 0 Å². The van der Waals surface area contributed by atoms with Crippen LogP contribution >= 0.6 is 0 Å². The number of ether oxygens (including phenoxy) is 1. The van der Waals surface area contributed by atoms with E-state index in [1.54, 1.807) is 0 Å². The second kappa shape index (κ2) is 17.2. The largest absolute Gasteiger partial charge is 0.456 e. The smallest absolute Gasteiger partial charge is 0.138 e. The molecule has 1 aliphatic heterocycles. The summed E-state index contributed by atoms with van der Waals surface area (Å²) in [5.74, 6) is 1.65. The Hall–Kier alpha value is -8.92. The number of hydrogen-bond donors (Lipinski definition) is 0. The van der Waals surface area contributed by atoms with E-state index in [2.05, 4.69) is 277 Å². The van der Waals surface area contributed by atoms with E-state index >= 15 is 0 Å². The van der Waals surface area contributed by atoms with Crippen molar-refractivity contribution in [1.82, 2.24) is 0 Å². The molecule has 67 heavy (non-hydrogen) atoms. The molecule has 0 fully saturated rings. The first-order valence-electron chi connectivity index (χ1n) is 22.8. The van der Waals surface area contributed by atoms with Gasteiger partial charge in [-0.15, -0.1) is 0 Å². The predicted octanol–water partition coefficient (Wildman–Crippen LogP) is 18.2. The van der Waals surface area contributed by atoms with Gasteiger partial charge in [0.1, 0.15) is 11.5 Å². The van der Waals surface area contributed by atoms with Crippen LogP contribution in [0.2, 0.25) is 0 Å². The quantitative estimate of drug-likeness (QED) is 0.136. The van der Waals surface area contributed by atoms with Gasteiger partial charge in [-0.2, -0.15) is 0 Å². The lowest BCUT2D eigenvalue weighted by atomic mass is 9.93. The van der Waals surface area contributed by atoms with Gasteiger partial charge in [0.25, 0.3) is 0 Å². The maximum atomic E-state index is 7.06. The van der Waals surface area contributed by atoms with Gasteiger partial charge in [-0.1, -0.05) is 188 Å². The summed E-state index contributed by atoms with van der Waals surface area (Å²) in [5, 5.41) is 2.23. The van der Waals surface area contributed by atoms with E-state index in [4.69, 9.17) is 4.74 Å². The van der Waals surface area contributed by atoms with Crippen molar-refractivity contribution in [2.75, 3.05) is 9.80 Å². The summed E-state index contributed by atoms with van der Waals surface area (Å²) in [5.41, 5.74) is 18.0. The van der Waals surface area contributed by atoms with Crippen LogP contribution in [0, 0.1) is 0 Å². The number of hydrogen-bond acceptors (Lipinski definition) is 3. The molecule has 12 rings (SSSR count). The number of nitrogens with zero attached hydrogens (tertiary/aromatic N) is 2. The Kier molecular flexibility index (Phi) is 10.2. The minimum absolute atomic E-state index is 0.823. The van der Waals surface area contributed by atoms with E-state index in [1.807, 2.05) is 0 Å². The molecular formula is C64H44N2O. The van der Waals surface area contributed by atoms with Crippen molar-refractivity contribution in [3.8, 4) is 67.1 Å². The SMILES string of the molecule is c1ccc(-c2ccc(-c3ccc(N(c4ccc(-c5ccc(-c6ccccc6)cc5)cc4)c4cc5c6c(cccc6c4)-c4ccc(N(c6ccccc6)c6ccccc6)cc4O5)cc3)cc2)cc1. The van der Waals surface area contributed by atoms with E-state index in [1.165, 1.54) is 33.4 Å². The summed E-state index contributed by atoms with van der Waals surface area (Å²) in [6.07, 6.45) is 0. The third-order valence-corrected chi connectivity index (χ3v) is 12.8. The van der Waals surface area contributed by atoms with Crippen LogP contribution in [0.4, 0.5) is 34.1 Å². The van der Waals surface area contributed by atoms with Gasteiger partial charge in [0.2, 0.25) is 0 Å². The summed E-state index contributed by atoms with van der Waals surface area (Å²) < 4.78 is 7.06. The highest BCUT2D eigenvalue weighted by Crippen LogP contribution is 2.51. The Balaban J connectivity index is 0.933. The fraction of sp³-hybridized carbons (Fsp3) is 0. The highest BCUT2D eigenvalue weighted by molar-refractivity contribution is 6.06. The van der Waals surface area contributed by atoms with E-state index in [0.717, 1.165) is 78.6 Å². The van der Waals surface area contributed by atoms with Gasteiger partial charge in [0, 0.05) is 51.5 Å². The monoisotopic (exact) mass is 856 g/mol. The van der Waals surface area contributed by atoms with Crippen molar-refractivity contribution in [2.45, 2.75) is 0 Å². The fourth-order valence-corrected chi connectivity index (χ4v) is 9.51. The van der Waals surface area contributed by atoms with Gasteiger partial charge in [0.15, 0.2) is 0 Å². The molecule has 1 heterocycles. The van der Waals surface area contributed by atoms with Crippen molar-refractivity contribution in [3.05, 3.63) is 267 Å². The lowest BCUT2D eigenvalue weighted by molar-refractivity contribution is 0.487. The van der Waals surface area contributed by atoms with E-state index in [9.17, 15) is 0 Å². The Bertz CT molecular complexity index is 3320. The Morgan fingerprint density at radius 3 is 1.04 bits per heavy atom. The van der Waals surface area contributed by atoms with Crippen molar-refractivity contribution in [1.29, 1.82) is 0 Å². The molecule has 0 amide bonds. The molecule has 0 aliphatic carbocycles. The van der Waals surface area contributed by atoms with Crippen LogP contribution in [-0.4, -0.2) is 0 Å². The van der Waals surface area contributed by atoms with Crippen LogP contribution in [0.1, 0.15) is 0 Å². The molecule has 316 valence electrons. The maximum Gasteiger partial charge on any atom is 0.138 e. The van der Waals surface area contributed by atoms with Crippen LogP contribution in [0.5, 0.6) is 11.5 Å². The van der Waals surface area contributed by atoms with Gasteiger partial charge in [-0.25, -0.2) is 0 Å². The first-order valence-corrected chi connectivity index (χ1v) is 22.8. The molecule has 0 N–H and O–H groups in total. The first-order chi connectivity index (χ1) is 33.2. The molecule has 11 aromatic carbocycles. The molecule has 3 nitrogen and oxygen atoms in total. The Labute approximate surface area is 391 Å². The molecule has 0 saturated heterocycles. The molecule has 0 bridgehead atoms. The normalized spacial score (nSPS) is 11.4. The van der Waals surface area contributed by atoms with Crippen LogP contribution in [-0.2, 0) is 0 Å². The number of rotatable bonds is 10. The minimum Gasteiger partial charge on any atom is -0.456 e. The highest BCUT2D eigenvalue weighted by atomic mass is 16.5. The molecule has 0 atom stereocenters. The zero-order valence-electron chi connectivity index (χ0n) is 36.7. The van der Waals surface area contributed by atoms with E-state index in [-0.39, 0.29) is 0 Å². The van der Waals surface area contributed by atoms with Gasteiger partial charge in [0.05, 0.1) is 5.69 Å². The number of benzene rings is 11. The molecule has 0 radical (unpaired) electrons. The Morgan fingerprint density at radius 1 is 0.224 bits per heavy atom. The lowest BCUT2D eigenvalue weighted by Crippen LogP contribution is -2.11. The van der Waals surface area contributed by atoms with Gasteiger partial charge in [-0.3, -0.25) is 0 Å². The zero-order chi connectivity index (χ0) is 44.5. The molecule has 3 heteroatoms.